The molecule has 0 radical (unpaired) electrons. The van der Waals surface area contributed by atoms with E-state index in [4.69, 9.17) is 9.47 Å². The summed E-state index contributed by atoms with van der Waals surface area (Å²) in [6.07, 6.45) is 18.6. The molecule has 5 aliphatic rings. The molecule has 4 aliphatic carbocycles. The van der Waals surface area contributed by atoms with Gasteiger partial charge in [0.15, 0.2) is 11.5 Å². The third-order valence-electron chi connectivity index (χ3n) is 16.5. The number of nitrogens with one attached hydrogen (secondary N) is 2. The van der Waals surface area contributed by atoms with E-state index in [1.54, 1.807) is 0 Å². The molecule has 0 spiro atoms. The molecule has 11 unspecified atom stereocenters. The third kappa shape index (κ3) is 8.20. The molecule has 4 fully saturated rings. The molecule has 338 valence electrons. The molecule has 2 heterocycles. The van der Waals surface area contributed by atoms with E-state index in [1.165, 1.54) is 19.1 Å². The average Bonchev–Trinajstić information content (AvgIpc) is 3.83. The molecule has 10 heteroatoms. The topological polar surface area (TPSA) is 168 Å². The Morgan fingerprint density at radius 3 is 2.52 bits per heavy atom. The minimum absolute atomic E-state index is 0.0378. The summed E-state index contributed by atoms with van der Waals surface area (Å²) in [7, 11) is 3.45. The van der Waals surface area contributed by atoms with Gasteiger partial charge in [-0.3, -0.25) is 0 Å². The summed E-state index contributed by atoms with van der Waals surface area (Å²) in [6.45, 7) is 0.400. The summed E-state index contributed by atoms with van der Waals surface area (Å²) in [6, 6.07) is 19.0. The van der Waals surface area contributed by atoms with Crippen molar-refractivity contribution in [2.45, 2.75) is 138 Å². The fourth-order valence-electron chi connectivity index (χ4n) is 13.4. The summed E-state index contributed by atoms with van der Waals surface area (Å²) < 4.78 is 12.7. The van der Waals surface area contributed by atoms with Crippen molar-refractivity contribution in [1.82, 2.24) is 10.3 Å². The maximum absolute atomic E-state index is 13.2. The standard InChI is InChI=1S/C53H68N2O8/c1-54-22-18-32-11-15-43(53(61)21-17-37-10-6-7-20-52(37,31-53)36-8-4-3-5-9-36)39(24-32)40-26-34(13-16-44(40)57)35-12-14-38-45(58)28-47(63-46(38)27-35)48-41(25-33-19-23-55-29-33)51(62-2)50(60)49(59)42(48)30-56/h3-5,8-9,13,16-17,19,21,23,26,29,32,35,37-39,43,45-47,54-61H,6-7,10-12,14-15,18,20,22,24-25,27-28,30-31H2,1-2H3. The van der Waals surface area contributed by atoms with Gasteiger partial charge in [0, 0.05) is 47.7 Å². The fraction of sp³-hybridized carbons (Fsp3) is 0.547. The molecule has 3 saturated carbocycles. The van der Waals surface area contributed by atoms with Crippen LogP contribution in [0.15, 0.2) is 79.1 Å². The number of H-pyrrole nitrogens is 1. The smallest absolute Gasteiger partial charge is 0.201 e. The normalized spacial score (nSPS) is 33.1. The van der Waals surface area contributed by atoms with E-state index in [9.17, 15) is 30.6 Å². The van der Waals surface area contributed by atoms with E-state index in [1.807, 2.05) is 37.6 Å². The molecule has 10 nitrogen and oxygen atoms in total. The average molecular weight is 861 g/mol. The Kier molecular flexibility index (Phi) is 12.7. The zero-order valence-corrected chi connectivity index (χ0v) is 37.0. The van der Waals surface area contributed by atoms with Crippen molar-refractivity contribution in [1.29, 1.82) is 0 Å². The van der Waals surface area contributed by atoms with E-state index < -0.39 is 35.9 Å². The van der Waals surface area contributed by atoms with E-state index in [-0.39, 0.29) is 58.7 Å². The van der Waals surface area contributed by atoms with Crippen LogP contribution in [0.1, 0.15) is 140 Å². The number of phenolic OH excluding ortho intramolecular Hbond substituents is 2. The van der Waals surface area contributed by atoms with Crippen LogP contribution in [0.4, 0.5) is 0 Å². The Morgan fingerprint density at radius 2 is 1.76 bits per heavy atom. The first-order valence-electron chi connectivity index (χ1n) is 23.7. The van der Waals surface area contributed by atoms with Crippen LogP contribution in [0.5, 0.6) is 23.0 Å². The van der Waals surface area contributed by atoms with E-state index >= 15 is 0 Å². The van der Waals surface area contributed by atoms with Crippen LogP contribution < -0.4 is 10.1 Å². The Morgan fingerprint density at radius 1 is 0.921 bits per heavy atom. The fourth-order valence-corrected chi connectivity index (χ4v) is 13.4. The maximum atomic E-state index is 13.2. The van der Waals surface area contributed by atoms with Crippen molar-refractivity contribution < 1.29 is 40.1 Å². The number of allylic oxidation sites excluding steroid dienone is 1. The molecule has 0 bridgehead atoms. The number of aromatic hydroxyl groups is 3. The monoisotopic (exact) mass is 860 g/mol. The molecule has 9 rings (SSSR count). The summed E-state index contributed by atoms with van der Waals surface area (Å²) in [5.41, 5.74) is 4.47. The highest BCUT2D eigenvalue weighted by Crippen LogP contribution is 2.59. The van der Waals surface area contributed by atoms with Gasteiger partial charge in [0.25, 0.3) is 0 Å². The molecule has 1 aliphatic heterocycles. The number of hydrogen-bond acceptors (Lipinski definition) is 9. The molecule has 11 atom stereocenters. The highest BCUT2D eigenvalue weighted by Gasteiger charge is 2.54. The minimum atomic E-state index is -1.03. The van der Waals surface area contributed by atoms with Crippen molar-refractivity contribution in [3.05, 3.63) is 118 Å². The molecule has 1 aromatic heterocycles. The van der Waals surface area contributed by atoms with Crippen LogP contribution in [0, 0.1) is 23.7 Å². The number of methoxy groups -OCH3 is 1. The SMILES string of the molecule is CNCCC1CCC(C2(O)C=CC3CCCCC3(c3ccccc3)C2)C(c2cc(C3CCC4C(O)CC(c5c(CO)c(O)c(O)c(OC)c5Cc5cc[nH]c5)OC4C3)ccc2O)C1. The maximum Gasteiger partial charge on any atom is 0.201 e. The Balaban J connectivity index is 1.03. The molecular formula is C53H68N2O8. The number of rotatable bonds is 12. The quantitative estimate of drug-likeness (QED) is 0.0513. The zero-order chi connectivity index (χ0) is 43.9. The van der Waals surface area contributed by atoms with Gasteiger partial charge in [-0.05, 0) is 147 Å². The minimum Gasteiger partial charge on any atom is -0.508 e. The second-order valence-corrected chi connectivity index (χ2v) is 19.8. The van der Waals surface area contributed by atoms with Crippen molar-refractivity contribution in [2.75, 3.05) is 20.7 Å². The summed E-state index contributed by atoms with van der Waals surface area (Å²) in [5, 5.41) is 72.9. The highest BCUT2D eigenvalue weighted by atomic mass is 16.5. The Bertz CT molecular complexity index is 2230. The van der Waals surface area contributed by atoms with Crippen molar-refractivity contribution >= 4 is 0 Å². The van der Waals surface area contributed by atoms with E-state index in [0.29, 0.717) is 42.2 Å². The third-order valence-corrected chi connectivity index (χ3v) is 16.5. The van der Waals surface area contributed by atoms with Gasteiger partial charge in [-0.1, -0.05) is 67.5 Å². The number of aromatic nitrogens is 1. The molecule has 63 heavy (non-hydrogen) atoms. The number of aliphatic hydroxyl groups excluding tert-OH is 2. The molecule has 0 amide bonds. The van der Waals surface area contributed by atoms with Crippen molar-refractivity contribution in [3.8, 4) is 23.0 Å². The molecular weight excluding hydrogens is 793 g/mol. The molecule has 1 saturated heterocycles. The van der Waals surface area contributed by atoms with Crippen LogP contribution in [0.2, 0.25) is 0 Å². The van der Waals surface area contributed by atoms with Gasteiger partial charge >= 0.3 is 0 Å². The highest BCUT2D eigenvalue weighted by molar-refractivity contribution is 5.64. The molecule has 8 N–H and O–H groups in total. The van der Waals surface area contributed by atoms with Gasteiger partial charge in [0.1, 0.15) is 5.75 Å². The van der Waals surface area contributed by atoms with E-state index in [2.05, 4.69) is 58.9 Å². The van der Waals surface area contributed by atoms with Crippen LogP contribution in [-0.4, -0.2) is 74.1 Å². The number of aliphatic hydroxyl groups is 3. The predicted octanol–water partition coefficient (Wildman–Crippen LogP) is 8.93. The lowest BCUT2D eigenvalue weighted by Gasteiger charge is -2.54. The Labute approximate surface area is 372 Å². The number of aromatic amines is 1. The largest absolute Gasteiger partial charge is 0.508 e. The van der Waals surface area contributed by atoms with Crippen LogP contribution in [-0.2, 0) is 23.2 Å². The summed E-state index contributed by atoms with van der Waals surface area (Å²) >= 11 is 0. The van der Waals surface area contributed by atoms with Crippen LogP contribution >= 0.6 is 0 Å². The van der Waals surface area contributed by atoms with Gasteiger partial charge in [0.2, 0.25) is 5.75 Å². The number of ether oxygens (including phenoxy) is 2. The van der Waals surface area contributed by atoms with Gasteiger partial charge in [-0.25, -0.2) is 0 Å². The molecule has 4 aromatic rings. The van der Waals surface area contributed by atoms with Gasteiger partial charge in [-0.2, -0.15) is 0 Å². The van der Waals surface area contributed by atoms with Crippen molar-refractivity contribution in [2.24, 2.45) is 23.7 Å². The summed E-state index contributed by atoms with van der Waals surface area (Å²) in [4.78, 5) is 3.08. The first-order chi connectivity index (χ1) is 30.6. The second-order valence-electron chi connectivity index (χ2n) is 19.8. The van der Waals surface area contributed by atoms with Crippen LogP contribution in [0.3, 0.4) is 0 Å². The molecule has 3 aromatic carbocycles. The van der Waals surface area contributed by atoms with Gasteiger partial charge in [0.05, 0.1) is 37.6 Å². The number of benzene rings is 3. The van der Waals surface area contributed by atoms with Crippen LogP contribution in [0.25, 0.3) is 0 Å². The first kappa shape index (κ1) is 43.9. The van der Waals surface area contributed by atoms with Gasteiger partial charge in [-0.15, -0.1) is 0 Å². The zero-order valence-electron chi connectivity index (χ0n) is 37.0. The first-order valence-corrected chi connectivity index (χ1v) is 23.7. The lowest BCUT2D eigenvalue weighted by atomic mass is 9.52. The van der Waals surface area contributed by atoms with E-state index in [0.717, 1.165) is 81.0 Å². The number of phenols is 3. The number of hydrogen-bond donors (Lipinski definition) is 8. The lowest BCUT2D eigenvalue weighted by molar-refractivity contribution is -0.154. The van der Waals surface area contributed by atoms with Crippen molar-refractivity contribution in [3.63, 3.8) is 0 Å². The number of fused-ring (bicyclic) bond motifs is 2. The predicted molar refractivity (Wildman–Crippen MR) is 243 cm³/mol. The second kappa shape index (κ2) is 18.3. The summed E-state index contributed by atoms with van der Waals surface area (Å²) in [5.74, 6) is 0.307. The lowest BCUT2D eigenvalue weighted by Crippen LogP contribution is -2.53. The van der Waals surface area contributed by atoms with Gasteiger partial charge < -0.3 is 50.4 Å². The Hall–Kier alpha value is -4.32.